The van der Waals surface area contributed by atoms with Crippen LogP contribution in [0, 0.1) is 0 Å². The first-order valence-corrected chi connectivity index (χ1v) is 6.85. The second-order valence-corrected chi connectivity index (χ2v) is 4.99. The summed E-state index contributed by atoms with van der Waals surface area (Å²) in [6.45, 7) is 2.96. The van der Waals surface area contributed by atoms with Gasteiger partial charge in [0.1, 0.15) is 12.3 Å². The molecule has 0 radical (unpaired) electrons. The number of aromatic nitrogens is 1. The minimum atomic E-state index is -0.380. The number of benzene rings is 1. The van der Waals surface area contributed by atoms with Gasteiger partial charge in [-0.05, 0) is 30.2 Å². The lowest BCUT2D eigenvalue weighted by Crippen LogP contribution is -2.11. The van der Waals surface area contributed by atoms with Crippen molar-refractivity contribution in [3.05, 3.63) is 52.8 Å². The van der Waals surface area contributed by atoms with Crippen LogP contribution < -0.4 is 5.73 Å². The Bertz CT molecular complexity index is 608. The normalized spacial score (nSPS) is 10.5. The Morgan fingerprint density at radius 3 is 2.90 bits per heavy atom. The minimum absolute atomic E-state index is 0.191. The van der Waals surface area contributed by atoms with E-state index in [9.17, 15) is 4.79 Å². The topological polar surface area (TPSA) is 57.2 Å². The predicted molar refractivity (Wildman–Crippen MR) is 79.7 cm³/mol. The van der Waals surface area contributed by atoms with Gasteiger partial charge in [0.25, 0.3) is 0 Å². The van der Waals surface area contributed by atoms with Crippen molar-refractivity contribution in [1.82, 2.24) is 4.57 Å². The van der Waals surface area contributed by atoms with Crippen molar-refractivity contribution < 1.29 is 9.53 Å². The first-order valence-electron chi connectivity index (χ1n) is 6.47. The largest absolute Gasteiger partial charge is 0.456 e. The number of ether oxygens (including phenoxy) is 1. The van der Waals surface area contributed by atoms with Gasteiger partial charge in [-0.3, -0.25) is 0 Å². The Hall–Kier alpha value is -1.94. The number of halogens is 1. The van der Waals surface area contributed by atoms with E-state index in [0.717, 1.165) is 18.5 Å². The zero-order valence-corrected chi connectivity index (χ0v) is 12.1. The van der Waals surface area contributed by atoms with E-state index in [2.05, 4.69) is 0 Å². The van der Waals surface area contributed by atoms with Crippen LogP contribution in [0.25, 0.3) is 0 Å². The fourth-order valence-corrected chi connectivity index (χ4v) is 2.19. The number of aryl methyl sites for hydroxylation is 1. The Kier molecular flexibility index (Phi) is 4.69. The van der Waals surface area contributed by atoms with Crippen LogP contribution in [0.15, 0.2) is 36.5 Å². The number of hydrogen-bond acceptors (Lipinski definition) is 3. The molecule has 2 rings (SSSR count). The highest BCUT2D eigenvalue weighted by Gasteiger charge is 2.14. The van der Waals surface area contributed by atoms with Crippen molar-refractivity contribution in [3.8, 4) is 0 Å². The third kappa shape index (κ3) is 3.54. The second-order valence-electron chi connectivity index (χ2n) is 4.56. The molecule has 2 aromatic rings. The molecule has 106 valence electrons. The summed E-state index contributed by atoms with van der Waals surface area (Å²) in [5.41, 5.74) is 7.62. The summed E-state index contributed by atoms with van der Waals surface area (Å²) in [6.07, 6.45) is 2.67. The van der Waals surface area contributed by atoms with Crippen molar-refractivity contribution in [3.63, 3.8) is 0 Å². The lowest BCUT2D eigenvalue weighted by atomic mass is 10.2. The third-order valence-electron chi connectivity index (χ3n) is 2.85. The van der Waals surface area contributed by atoms with E-state index < -0.39 is 0 Å². The lowest BCUT2D eigenvalue weighted by Gasteiger charge is -2.08. The van der Waals surface area contributed by atoms with Crippen molar-refractivity contribution in [2.24, 2.45) is 0 Å². The van der Waals surface area contributed by atoms with Crippen LogP contribution in [0.2, 0.25) is 5.02 Å². The molecule has 1 aromatic carbocycles. The molecule has 0 aliphatic carbocycles. The Morgan fingerprint density at radius 1 is 1.40 bits per heavy atom. The molecule has 0 saturated heterocycles. The molecule has 0 atom stereocenters. The quantitative estimate of drug-likeness (QED) is 0.858. The highest BCUT2D eigenvalue weighted by molar-refractivity contribution is 6.30. The average molecular weight is 293 g/mol. The lowest BCUT2D eigenvalue weighted by molar-refractivity contribution is 0.0460. The van der Waals surface area contributed by atoms with Gasteiger partial charge < -0.3 is 15.0 Å². The molecule has 0 aliphatic heterocycles. The summed E-state index contributed by atoms with van der Waals surface area (Å²) in [7, 11) is 0. The molecule has 0 aliphatic rings. The number of rotatable bonds is 5. The standard InChI is InChI=1S/C15H17ClN2O2/c1-2-6-18-9-13(17)8-14(18)15(19)20-10-11-4-3-5-12(16)7-11/h3-5,7-9H,2,6,10,17H2,1H3. The predicted octanol–water partition coefficient (Wildman–Crippen LogP) is 3.49. The van der Waals surface area contributed by atoms with Gasteiger partial charge in [0, 0.05) is 17.8 Å². The number of anilines is 1. The number of carbonyl (C=O) groups is 1. The van der Waals surface area contributed by atoms with Crippen LogP contribution >= 0.6 is 11.6 Å². The van der Waals surface area contributed by atoms with E-state index in [-0.39, 0.29) is 12.6 Å². The minimum Gasteiger partial charge on any atom is -0.456 e. The van der Waals surface area contributed by atoms with Gasteiger partial charge in [-0.25, -0.2) is 4.79 Å². The van der Waals surface area contributed by atoms with Crippen LogP contribution in [0.3, 0.4) is 0 Å². The summed E-state index contributed by atoms with van der Waals surface area (Å²) in [4.78, 5) is 12.1. The van der Waals surface area contributed by atoms with Crippen molar-refractivity contribution in [2.45, 2.75) is 26.5 Å². The molecular formula is C15H17ClN2O2. The van der Waals surface area contributed by atoms with E-state index >= 15 is 0 Å². The number of esters is 1. The smallest absolute Gasteiger partial charge is 0.355 e. The maximum atomic E-state index is 12.1. The zero-order valence-electron chi connectivity index (χ0n) is 11.3. The molecular weight excluding hydrogens is 276 g/mol. The summed E-state index contributed by atoms with van der Waals surface area (Å²) < 4.78 is 7.11. The SMILES string of the molecule is CCCn1cc(N)cc1C(=O)OCc1cccc(Cl)c1. The number of nitrogen functional groups attached to an aromatic ring is 1. The van der Waals surface area contributed by atoms with E-state index in [1.54, 1.807) is 24.4 Å². The fourth-order valence-electron chi connectivity index (χ4n) is 1.98. The molecule has 0 unspecified atom stereocenters. The van der Waals surface area contributed by atoms with Gasteiger partial charge in [-0.2, -0.15) is 0 Å². The average Bonchev–Trinajstić information content (AvgIpc) is 2.78. The Morgan fingerprint density at radius 2 is 2.20 bits per heavy atom. The zero-order chi connectivity index (χ0) is 14.5. The van der Waals surface area contributed by atoms with Gasteiger partial charge in [0.15, 0.2) is 0 Å². The highest BCUT2D eigenvalue weighted by Crippen LogP contribution is 2.15. The first kappa shape index (κ1) is 14.5. The van der Waals surface area contributed by atoms with Crippen LogP contribution in [-0.4, -0.2) is 10.5 Å². The molecule has 20 heavy (non-hydrogen) atoms. The van der Waals surface area contributed by atoms with E-state index in [1.165, 1.54) is 0 Å². The van der Waals surface area contributed by atoms with Gasteiger partial charge in [-0.15, -0.1) is 0 Å². The summed E-state index contributed by atoms with van der Waals surface area (Å²) in [5, 5.41) is 0.622. The van der Waals surface area contributed by atoms with Crippen LogP contribution in [0.4, 0.5) is 5.69 Å². The number of nitrogens with two attached hydrogens (primary N) is 1. The van der Waals surface area contributed by atoms with E-state index in [4.69, 9.17) is 22.1 Å². The summed E-state index contributed by atoms with van der Waals surface area (Å²) in [5.74, 6) is -0.380. The molecule has 0 bridgehead atoms. The van der Waals surface area contributed by atoms with Gasteiger partial charge >= 0.3 is 5.97 Å². The molecule has 4 nitrogen and oxygen atoms in total. The highest BCUT2D eigenvalue weighted by atomic mass is 35.5. The molecule has 1 aromatic heterocycles. The molecule has 5 heteroatoms. The Balaban J connectivity index is 2.05. The van der Waals surface area contributed by atoms with Gasteiger partial charge in [0.05, 0.1) is 5.69 Å². The monoisotopic (exact) mass is 292 g/mol. The van der Waals surface area contributed by atoms with Crippen molar-refractivity contribution in [1.29, 1.82) is 0 Å². The van der Waals surface area contributed by atoms with E-state index in [1.807, 2.05) is 23.6 Å². The van der Waals surface area contributed by atoms with Crippen LogP contribution in [-0.2, 0) is 17.9 Å². The van der Waals surface area contributed by atoms with Crippen molar-refractivity contribution >= 4 is 23.3 Å². The van der Waals surface area contributed by atoms with E-state index in [0.29, 0.717) is 16.4 Å². The van der Waals surface area contributed by atoms with Gasteiger partial charge in [-0.1, -0.05) is 30.7 Å². The summed E-state index contributed by atoms with van der Waals surface area (Å²) in [6, 6.07) is 8.87. The van der Waals surface area contributed by atoms with Crippen LogP contribution in [0.1, 0.15) is 29.4 Å². The molecule has 0 fully saturated rings. The molecule has 0 amide bonds. The maximum absolute atomic E-state index is 12.1. The van der Waals surface area contributed by atoms with Crippen molar-refractivity contribution in [2.75, 3.05) is 5.73 Å². The second kappa shape index (κ2) is 6.48. The number of hydrogen-bond donors (Lipinski definition) is 1. The molecule has 2 N–H and O–H groups in total. The summed E-state index contributed by atoms with van der Waals surface area (Å²) >= 11 is 5.89. The first-order chi connectivity index (χ1) is 9.60. The third-order valence-corrected chi connectivity index (χ3v) is 3.09. The maximum Gasteiger partial charge on any atom is 0.355 e. The number of nitrogens with zero attached hydrogens (tertiary/aromatic N) is 1. The fraction of sp³-hybridized carbons (Fsp3) is 0.267. The molecule has 1 heterocycles. The number of carbonyl (C=O) groups excluding carboxylic acids is 1. The van der Waals surface area contributed by atoms with Gasteiger partial charge in [0.2, 0.25) is 0 Å². The van der Waals surface area contributed by atoms with Crippen LogP contribution in [0.5, 0.6) is 0 Å². The molecule has 0 spiro atoms. The molecule has 0 saturated carbocycles. The Labute approximate surface area is 123 Å².